The number of halogens is 2. The molecule has 6 heteroatoms. The predicted octanol–water partition coefficient (Wildman–Crippen LogP) is 3.35. The largest absolute Gasteiger partial charge is 0.271 e. The average Bonchev–Trinajstić information content (AvgIpc) is 2.87. The molecule has 1 heterocycles. The van der Waals surface area contributed by atoms with E-state index in [1.165, 1.54) is 0 Å². The van der Waals surface area contributed by atoms with E-state index < -0.39 is 0 Å². The van der Waals surface area contributed by atoms with Gasteiger partial charge in [-0.3, -0.25) is 16.0 Å². The van der Waals surface area contributed by atoms with Crippen molar-refractivity contribution >= 4 is 23.2 Å². The predicted molar refractivity (Wildman–Crippen MR) is 82.7 cm³/mol. The van der Waals surface area contributed by atoms with E-state index in [4.69, 9.17) is 29.0 Å². The molecule has 0 saturated heterocycles. The van der Waals surface area contributed by atoms with Gasteiger partial charge in [0.15, 0.2) is 0 Å². The van der Waals surface area contributed by atoms with Gasteiger partial charge >= 0.3 is 0 Å². The fourth-order valence-corrected chi connectivity index (χ4v) is 2.77. The van der Waals surface area contributed by atoms with Crippen molar-refractivity contribution in [1.29, 1.82) is 0 Å². The summed E-state index contributed by atoms with van der Waals surface area (Å²) in [6.45, 7) is 2.97. The highest BCUT2D eigenvalue weighted by Crippen LogP contribution is 2.29. The number of hydrogen-bond acceptors (Lipinski definition) is 3. The first-order valence-electron chi connectivity index (χ1n) is 6.58. The molecule has 0 aliphatic rings. The lowest BCUT2D eigenvalue weighted by atomic mass is 10.0. The molecule has 2 rings (SSSR count). The number of nitrogens with one attached hydrogen (secondary N) is 1. The van der Waals surface area contributed by atoms with Crippen LogP contribution in [0.5, 0.6) is 0 Å². The van der Waals surface area contributed by atoms with Crippen LogP contribution in [0, 0.1) is 0 Å². The molecule has 4 nitrogen and oxygen atoms in total. The second-order valence-electron chi connectivity index (χ2n) is 4.60. The molecule has 1 unspecified atom stereocenters. The molecular weight excluding hydrogens is 295 g/mol. The summed E-state index contributed by atoms with van der Waals surface area (Å²) in [7, 11) is 0. The Morgan fingerprint density at radius 3 is 2.60 bits per heavy atom. The molecule has 20 heavy (non-hydrogen) atoms. The number of rotatable bonds is 6. The fourth-order valence-electron chi connectivity index (χ4n) is 2.22. The molecule has 1 atom stereocenters. The van der Waals surface area contributed by atoms with Gasteiger partial charge in [-0.1, -0.05) is 36.2 Å². The van der Waals surface area contributed by atoms with Gasteiger partial charge in [-0.2, -0.15) is 5.10 Å². The Morgan fingerprint density at radius 2 is 2.00 bits per heavy atom. The van der Waals surface area contributed by atoms with E-state index in [1.807, 2.05) is 28.9 Å². The van der Waals surface area contributed by atoms with Crippen LogP contribution < -0.4 is 11.3 Å². The van der Waals surface area contributed by atoms with Gasteiger partial charge in [0.1, 0.15) is 0 Å². The summed E-state index contributed by atoms with van der Waals surface area (Å²) in [5.41, 5.74) is 4.75. The Kier molecular flexibility index (Phi) is 5.43. The lowest BCUT2D eigenvalue weighted by Gasteiger charge is -2.19. The standard InChI is InChI=1S/C14H18Cl2N4/c1-2-8-20-14(6-7-18-20)13(19-17)9-10-11(15)4-3-5-12(10)16/h3-7,13,19H,2,8-9,17H2,1H3. The molecule has 2 aromatic rings. The summed E-state index contributed by atoms with van der Waals surface area (Å²) in [6, 6.07) is 7.38. The monoisotopic (exact) mass is 312 g/mol. The quantitative estimate of drug-likeness (QED) is 0.635. The van der Waals surface area contributed by atoms with Crippen LogP contribution in [0.4, 0.5) is 0 Å². The van der Waals surface area contributed by atoms with Gasteiger partial charge in [0.05, 0.1) is 11.7 Å². The average molecular weight is 313 g/mol. The molecule has 0 amide bonds. The van der Waals surface area contributed by atoms with Crippen LogP contribution in [0.3, 0.4) is 0 Å². The van der Waals surface area contributed by atoms with Gasteiger partial charge in [-0.15, -0.1) is 0 Å². The molecule has 1 aromatic heterocycles. The van der Waals surface area contributed by atoms with E-state index >= 15 is 0 Å². The van der Waals surface area contributed by atoms with E-state index in [2.05, 4.69) is 17.4 Å². The highest BCUT2D eigenvalue weighted by atomic mass is 35.5. The zero-order valence-corrected chi connectivity index (χ0v) is 12.8. The van der Waals surface area contributed by atoms with Gasteiger partial charge in [-0.25, -0.2) is 0 Å². The van der Waals surface area contributed by atoms with E-state index in [-0.39, 0.29) is 6.04 Å². The molecule has 0 aliphatic heterocycles. The van der Waals surface area contributed by atoms with E-state index in [9.17, 15) is 0 Å². The lowest BCUT2D eigenvalue weighted by molar-refractivity contribution is 0.478. The third kappa shape index (κ3) is 3.33. The van der Waals surface area contributed by atoms with Gasteiger partial charge in [0, 0.05) is 22.8 Å². The van der Waals surface area contributed by atoms with E-state index in [1.54, 1.807) is 6.20 Å². The second kappa shape index (κ2) is 7.09. The Morgan fingerprint density at radius 1 is 1.30 bits per heavy atom. The van der Waals surface area contributed by atoms with Crippen molar-refractivity contribution in [2.24, 2.45) is 5.84 Å². The highest BCUT2D eigenvalue weighted by molar-refractivity contribution is 6.36. The zero-order chi connectivity index (χ0) is 14.5. The van der Waals surface area contributed by atoms with Gasteiger partial charge in [0.25, 0.3) is 0 Å². The molecule has 0 aliphatic carbocycles. The van der Waals surface area contributed by atoms with Crippen LogP contribution in [-0.4, -0.2) is 9.78 Å². The van der Waals surface area contributed by atoms with E-state index in [0.717, 1.165) is 24.2 Å². The SMILES string of the molecule is CCCn1nccc1C(Cc1c(Cl)cccc1Cl)NN. The van der Waals surface area contributed by atoms with Crippen LogP contribution in [0.1, 0.15) is 30.6 Å². The van der Waals surface area contributed by atoms with Gasteiger partial charge < -0.3 is 0 Å². The van der Waals surface area contributed by atoms with Crippen LogP contribution in [0.2, 0.25) is 10.0 Å². The molecule has 108 valence electrons. The summed E-state index contributed by atoms with van der Waals surface area (Å²) in [5.74, 6) is 5.70. The van der Waals surface area contributed by atoms with Crippen molar-refractivity contribution in [3.8, 4) is 0 Å². The third-order valence-electron chi connectivity index (χ3n) is 3.21. The maximum Gasteiger partial charge on any atom is 0.0670 e. The normalized spacial score (nSPS) is 12.6. The highest BCUT2D eigenvalue weighted by Gasteiger charge is 2.18. The summed E-state index contributed by atoms with van der Waals surface area (Å²) in [6.07, 6.45) is 3.41. The Bertz CT molecular complexity index is 548. The first-order chi connectivity index (χ1) is 9.67. The molecule has 1 aromatic carbocycles. The van der Waals surface area contributed by atoms with Crippen LogP contribution in [-0.2, 0) is 13.0 Å². The fraction of sp³-hybridized carbons (Fsp3) is 0.357. The first-order valence-corrected chi connectivity index (χ1v) is 7.33. The zero-order valence-electron chi connectivity index (χ0n) is 11.3. The number of hydrazine groups is 1. The molecule has 0 fully saturated rings. The smallest absolute Gasteiger partial charge is 0.0670 e. The summed E-state index contributed by atoms with van der Waals surface area (Å²) >= 11 is 12.4. The van der Waals surface area contributed by atoms with Crippen molar-refractivity contribution < 1.29 is 0 Å². The second-order valence-corrected chi connectivity index (χ2v) is 5.42. The van der Waals surface area contributed by atoms with Gasteiger partial charge in [0.2, 0.25) is 0 Å². The lowest BCUT2D eigenvalue weighted by Crippen LogP contribution is -2.31. The van der Waals surface area contributed by atoms with Crippen molar-refractivity contribution in [2.75, 3.05) is 0 Å². The Labute approximate surface area is 128 Å². The minimum atomic E-state index is -0.0820. The molecule has 0 saturated carbocycles. The third-order valence-corrected chi connectivity index (χ3v) is 3.92. The summed E-state index contributed by atoms with van der Waals surface area (Å²) in [4.78, 5) is 0. The Hall–Kier alpha value is -1.07. The number of aromatic nitrogens is 2. The van der Waals surface area contributed by atoms with Crippen molar-refractivity contribution in [2.45, 2.75) is 32.4 Å². The summed E-state index contributed by atoms with van der Waals surface area (Å²) in [5, 5.41) is 5.62. The number of hydrogen-bond donors (Lipinski definition) is 2. The number of aryl methyl sites for hydroxylation is 1. The van der Waals surface area contributed by atoms with E-state index in [0.29, 0.717) is 16.5 Å². The molecule has 0 spiro atoms. The molecule has 0 radical (unpaired) electrons. The van der Waals surface area contributed by atoms with Crippen molar-refractivity contribution in [1.82, 2.24) is 15.2 Å². The maximum absolute atomic E-state index is 6.22. The molecule has 0 bridgehead atoms. The van der Waals surface area contributed by atoms with Crippen molar-refractivity contribution in [3.05, 3.63) is 51.8 Å². The topological polar surface area (TPSA) is 55.9 Å². The minimum absolute atomic E-state index is 0.0820. The van der Waals surface area contributed by atoms with Crippen LogP contribution in [0.15, 0.2) is 30.5 Å². The van der Waals surface area contributed by atoms with Crippen LogP contribution in [0.25, 0.3) is 0 Å². The number of nitrogens with zero attached hydrogens (tertiary/aromatic N) is 2. The molecule has 3 N–H and O–H groups in total. The van der Waals surface area contributed by atoms with Crippen molar-refractivity contribution in [3.63, 3.8) is 0 Å². The number of benzene rings is 1. The Balaban J connectivity index is 2.27. The first kappa shape index (κ1) is 15.3. The number of nitrogens with two attached hydrogens (primary N) is 1. The molecular formula is C14H18Cl2N4. The minimum Gasteiger partial charge on any atom is -0.271 e. The van der Waals surface area contributed by atoms with Crippen LogP contribution >= 0.6 is 23.2 Å². The van der Waals surface area contributed by atoms with Gasteiger partial charge in [-0.05, 0) is 36.6 Å². The summed E-state index contributed by atoms with van der Waals surface area (Å²) < 4.78 is 1.95. The maximum atomic E-state index is 6.22.